The van der Waals surface area contributed by atoms with Crippen molar-refractivity contribution in [3.8, 4) is 5.82 Å². The van der Waals surface area contributed by atoms with Crippen LogP contribution in [0.4, 0.5) is 0 Å². The first-order valence-electron chi connectivity index (χ1n) is 4.25. The summed E-state index contributed by atoms with van der Waals surface area (Å²) in [5, 5.41) is 5.04. The fourth-order valence-electron chi connectivity index (χ4n) is 1.17. The molecule has 4 nitrogen and oxygen atoms in total. The fourth-order valence-corrected chi connectivity index (χ4v) is 1.58. The van der Waals surface area contributed by atoms with Crippen LogP contribution < -0.4 is 5.73 Å². The van der Waals surface area contributed by atoms with Gasteiger partial charge in [0, 0.05) is 12.7 Å². The van der Waals surface area contributed by atoms with Crippen molar-refractivity contribution in [2.45, 2.75) is 6.54 Å². The molecular weight excluding hydrogens is 235 g/mol. The monoisotopic (exact) mass is 242 g/mol. The smallest absolute Gasteiger partial charge is 0.172 e. The van der Waals surface area contributed by atoms with Gasteiger partial charge in [0.05, 0.1) is 22.4 Å². The molecule has 2 rings (SSSR count). The largest absolute Gasteiger partial charge is 0.326 e. The zero-order valence-electron chi connectivity index (χ0n) is 7.69. The van der Waals surface area contributed by atoms with E-state index in [9.17, 15) is 0 Å². The van der Waals surface area contributed by atoms with Crippen LogP contribution in [-0.2, 0) is 6.54 Å². The fraction of sp³-hybridized carbons (Fsp3) is 0.111. The molecule has 2 N–H and O–H groups in total. The van der Waals surface area contributed by atoms with Crippen molar-refractivity contribution >= 4 is 23.2 Å². The lowest BCUT2D eigenvalue weighted by Gasteiger charge is -2.04. The van der Waals surface area contributed by atoms with E-state index < -0.39 is 0 Å². The highest BCUT2D eigenvalue weighted by Crippen LogP contribution is 2.19. The molecule has 0 saturated carbocycles. The molecule has 0 fully saturated rings. The van der Waals surface area contributed by atoms with Crippen LogP contribution in [0.2, 0.25) is 10.0 Å². The molecule has 0 saturated heterocycles. The van der Waals surface area contributed by atoms with E-state index in [4.69, 9.17) is 28.9 Å². The molecule has 0 aromatic carbocycles. The van der Waals surface area contributed by atoms with Crippen LogP contribution >= 0.6 is 23.2 Å². The Kier molecular flexibility index (Phi) is 2.90. The topological polar surface area (TPSA) is 56.7 Å². The average Bonchev–Trinajstić information content (AvgIpc) is 2.64. The molecule has 2 heterocycles. The Balaban J connectivity index is 2.45. The van der Waals surface area contributed by atoms with Gasteiger partial charge in [-0.2, -0.15) is 5.10 Å². The lowest BCUT2D eigenvalue weighted by Crippen LogP contribution is -2.02. The van der Waals surface area contributed by atoms with Crippen molar-refractivity contribution in [1.82, 2.24) is 14.8 Å². The van der Waals surface area contributed by atoms with Gasteiger partial charge in [-0.05, 0) is 11.6 Å². The van der Waals surface area contributed by atoms with Crippen LogP contribution in [0.25, 0.3) is 5.82 Å². The molecule has 78 valence electrons. The minimum Gasteiger partial charge on any atom is -0.326 e. The van der Waals surface area contributed by atoms with Crippen LogP contribution in [0.3, 0.4) is 0 Å². The summed E-state index contributed by atoms with van der Waals surface area (Å²) < 4.78 is 1.52. The second-order valence-corrected chi connectivity index (χ2v) is 3.80. The zero-order valence-corrected chi connectivity index (χ0v) is 9.20. The summed E-state index contributed by atoms with van der Waals surface area (Å²) in [4.78, 5) is 4.16. The molecule has 0 bridgehead atoms. The molecule has 0 aliphatic rings. The molecule has 15 heavy (non-hydrogen) atoms. The van der Waals surface area contributed by atoms with Crippen LogP contribution in [0.1, 0.15) is 5.56 Å². The van der Waals surface area contributed by atoms with Gasteiger partial charge in [0.1, 0.15) is 0 Å². The minimum atomic E-state index is 0.410. The molecule has 0 unspecified atom stereocenters. The number of pyridine rings is 1. The third-order valence-corrected chi connectivity index (χ3v) is 2.36. The third kappa shape index (κ3) is 2.12. The molecular formula is C9H8Cl2N4. The highest BCUT2D eigenvalue weighted by molar-refractivity contribution is 6.32. The quantitative estimate of drug-likeness (QED) is 0.877. The van der Waals surface area contributed by atoms with Gasteiger partial charge in [-0.3, -0.25) is 0 Å². The van der Waals surface area contributed by atoms with Gasteiger partial charge in [-0.1, -0.05) is 23.2 Å². The summed E-state index contributed by atoms with van der Waals surface area (Å²) in [5.41, 5.74) is 6.35. The van der Waals surface area contributed by atoms with E-state index in [1.54, 1.807) is 18.5 Å². The second kappa shape index (κ2) is 4.18. The van der Waals surface area contributed by atoms with E-state index in [1.807, 2.05) is 0 Å². The maximum Gasteiger partial charge on any atom is 0.172 e. The zero-order chi connectivity index (χ0) is 10.8. The Labute approximate surface area is 96.6 Å². The summed E-state index contributed by atoms with van der Waals surface area (Å²) in [6, 6.07) is 1.76. The van der Waals surface area contributed by atoms with Crippen molar-refractivity contribution in [2.24, 2.45) is 5.73 Å². The van der Waals surface area contributed by atoms with E-state index in [2.05, 4.69) is 10.1 Å². The normalized spacial score (nSPS) is 10.6. The summed E-state index contributed by atoms with van der Waals surface area (Å²) in [6.45, 7) is 0.410. The van der Waals surface area contributed by atoms with Gasteiger partial charge in [0.2, 0.25) is 0 Å². The first kappa shape index (κ1) is 10.4. The predicted molar refractivity (Wildman–Crippen MR) is 59.3 cm³/mol. The molecule has 0 atom stereocenters. The minimum absolute atomic E-state index is 0.410. The Hall–Kier alpha value is -1.10. The highest BCUT2D eigenvalue weighted by atomic mass is 35.5. The number of halogens is 2. The van der Waals surface area contributed by atoms with Gasteiger partial charge in [0.25, 0.3) is 0 Å². The van der Waals surface area contributed by atoms with Crippen LogP contribution in [-0.4, -0.2) is 14.8 Å². The third-order valence-electron chi connectivity index (χ3n) is 1.88. The molecule has 0 aliphatic carbocycles. The van der Waals surface area contributed by atoms with Gasteiger partial charge in [-0.25, -0.2) is 9.67 Å². The number of hydrogen-bond donors (Lipinski definition) is 1. The maximum absolute atomic E-state index is 6.03. The van der Waals surface area contributed by atoms with E-state index >= 15 is 0 Å². The molecule has 0 amide bonds. The van der Waals surface area contributed by atoms with Crippen molar-refractivity contribution < 1.29 is 0 Å². The van der Waals surface area contributed by atoms with Gasteiger partial charge in [-0.15, -0.1) is 0 Å². The number of rotatable bonds is 2. The van der Waals surface area contributed by atoms with Crippen LogP contribution in [0.15, 0.2) is 24.7 Å². The molecule has 6 heteroatoms. The molecule has 0 radical (unpaired) electrons. The Bertz CT molecular complexity index is 481. The Morgan fingerprint density at radius 2 is 2.13 bits per heavy atom. The van der Waals surface area contributed by atoms with Crippen molar-refractivity contribution in [1.29, 1.82) is 0 Å². The standard InChI is InChI=1S/C9H8Cl2N4/c10-7-4-14-15(5-7)9-8(11)1-6(2-12)3-13-9/h1,3-5H,2,12H2. The van der Waals surface area contributed by atoms with Crippen molar-refractivity contribution in [3.63, 3.8) is 0 Å². The average molecular weight is 243 g/mol. The van der Waals surface area contributed by atoms with Crippen molar-refractivity contribution in [2.75, 3.05) is 0 Å². The second-order valence-electron chi connectivity index (χ2n) is 2.96. The van der Waals surface area contributed by atoms with E-state index in [-0.39, 0.29) is 0 Å². The van der Waals surface area contributed by atoms with Crippen LogP contribution in [0, 0.1) is 0 Å². The summed E-state index contributed by atoms with van der Waals surface area (Å²) in [7, 11) is 0. The number of nitrogens with zero attached hydrogens (tertiary/aromatic N) is 3. The Morgan fingerprint density at radius 1 is 1.33 bits per heavy atom. The van der Waals surface area contributed by atoms with E-state index in [1.165, 1.54) is 10.9 Å². The van der Waals surface area contributed by atoms with Gasteiger partial charge in [0.15, 0.2) is 5.82 Å². The van der Waals surface area contributed by atoms with Crippen molar-refractivity contribution in [3.05, 3.63) is 40.3 Å². The van der Waals surface area contributed by atoms with Crippen LogP contribution in [0.5, 0.6) is 0 Å². The number of aromatic nitrogens is 3. The van der Waals surface area contributed by atoms with Gasteiger partial charge < -0.3 is 5.73 Å². The molecule has 2 aromatic heterocycles. The van der Waals surface area contributed by atoms with E-state index in [0.717, 1.165) is 5.56 Å². The Morgan fingerprint density at radius 3 is 2.67 bits per heavy atom. The summed E-state index contributed by atoms with van der Waals surface area (Å²) in [5.74, 6) is 0.542. The maximum atomic E-state index is 6.03. The summed E-state index contributed by atoms with van der Waals surface area (Å²) >= 11 is 11.8. The molecule has 0 spiro atoms. The number of nitrogens with two attached hydrogens (primary N) is 1. The SMILES string of the molecule is NCc1cnc(-n2cc(Cl)cn2)c(Cl)c1. The first-order chi connectivity index (χ1) is 7.20. The highest BCUT2D eigenvalue weighted by Gasteiger charge is 2.06. The van der Waals surface area contributed by atoms with Gasteiger partial charge >= 0.3 is 0 Å². The predicted octanol–water partition coefficient (Wildman–Crippen LogP) is 2.03. The lowest BCUT2D eigenvalue weighted by atomic mass is 10.3. The summed E-state index contributed by atoms with van der Waals surface area (Å²) in [6.07, 6.45) is 4.82. The first-order valence-corrected chi connectivity index (χ1v) is 5.01. The van der Waals surface area contributed by atoms with E-state index in [0.29, 0.717) is 22.4 Å². The lowest BCUT2D eigenvalue weighted by molar-refractivity contribution is 0.843. The molecule has 2 aromatic rings. The number of hydrogen-bond acceptors (Lipinski definition) is 3. The molecule has 0 aliphatic heterocycles.